The van der Waals surface area contributed by atoms with E-state index < -0.39 is 15.9 Å². The molecule has 0 radical (unpaired) electrons. The highest BCUT2D eigenvalue weighted by atomic mass is 35.5. The maximum absolute atomic E-state index is 13.7. The molecule has 3 aromatic carbocycles. The molecule has 0 aliphatic rings. The van der Waals surface area contributed by atoms with Crippen LogP contribution in [-0.2, 0) is 21.4 Å². The first-order chi connectivity index (χ1) is 15.1. The summed E-state index contributed by atoms with van der Waals surface area (Å²) < 4.78 is 28.6. The predicted octanol–water partition coefficient (Wildman–Crippen LogP) is 5.40. The number of nitrogens with one attached hydrogen (secondary N) is 1. The van der Waals surface area contributed by atoms with E-state index in [4.69, 9.17) is 11.6 Å². The van der Waals surface area contributed by atoms with Gasteiger partial charge in [0.25, 0.3) is 0 Å². The number of carbonyl (C=O) groups is 1. The SMILES string of the molecule is Cc1ccc(NC(=O)CN(Cc2ccc(Cl)cc2)S(=O)(=O)c2c(C)cc(C)cc2C)cc1. The van der Waals surface area contributed by atoms with Gasteiger partial charge in [0, 0.05) is 17.3 Å². The number of aryl methyl sites for hydroxylation is 4. The third-order valence-corrected chi connectivity index (χ3v) is 7.48. The summed E-state index contributed by atoms with van der Waals surface area (Å²) >= 11 is 5.98. The third-order valence-electron chi connectivity index (χ3n) is 5.13. The number of hydrogen-bond acceptors (Lipinski definition) is 3. The Balaban J connectivity index is 1.95. The molecule has 32 heavy (non-hydrogen) atoms. The monoisotopic (exact) mass is 470 g/mol. The summed E-state index contributed by atoms with van der Waals surface area (Å²) in [6.07, 6.45) is 0. The summed E-state index contributed by atoms with van der Waals surface area (Å²) in [5.74, 6) is -0.409. The van der Waals surface area contributed by atoms with Crippen molar-refractivity contribution in [2.75, 3.05) is 11.9 Å². The molecule has 0 aliphatic carbocycles. The van der Waals surface area contributed by atoms with Crippen molar-refractivity contribution >= 4 is 33.2 Å². The molecule has 0 heterocycles. The molecule has 168 valence electrons. The third kappa shape index (κ3) is 5.76. The van der Waals surface area contributed by atoms with Crippen molar-refractivity contribution in [1.29, 1.82) is 0 Å². The summed E-state index contributed by atoms with van der Waals surface area (Å²) in [6.45, 7) is 7.17. The van der Waals surface area contributed by atoms with E-state index in [9.17, 15) is 13.2 Å². The first-order valence-corrected chi connectivity index (χ1v) is 12.1. The van der Waals surface area contributed by atoms with Gasteiger partial charge >= 0.3 is 0 Å². The predicted molar refractivity (Wildman–Crippen MR) is 130 cm³/mol. The zero-order valence-electron chi connectivity index (χ0n) is 18.6. The van der Waals surface area contributed by atoms with Crippen molar-refractivity contribution < 1.29 is 13.2 Å². The molecular weight excluding hydrogens is 444 g/mol. The van der Waals surface area contributed by atoms with Gasteiger partial charge in [-0.3, -0.25) is 4.79 Å². The van der Waals surface area contributed by atoms with Crippen molar-refractivity contribution in [1.82, 2.24) is 4.31 Å². The minimum absolute atomic E-state index is 0.0492. The van der Waals surface area contributed by atoms with Crippen LogP contribution in [0.4, 0.5) is 5.69 Å². The van der Waals surface area contributed by atoms with E-state index >= 15 is 0 Å². The number of nitrogens with zero attached hydrogens (tertiary/aromatic N) is 1. The molecule has 7 heteroatoms. The lowest BCUT2D eigenvalue weighted by Crippen LogP contribution is -2.38. The van der Waals surface area contributed by atoms with E-state index in [1.807, 2.05) is 38.1 Å². The van der Waals surface area contributed by atoms with Crippen LogP contribution in [0.2, 0.25) is 5.02 Å². The Kier molecular flexibility index (Phi) is 7.39. The lowest BCUT2D eigenvalue weighted by atomic mass is 10.1. The molecule has 3 rings (SSSR count). The van der Waals surface area contributed by atoms with E-state index in [1.54, 1.807) is 50.2 Å². The Morgan fingerprint density at radius 2 is 1.44 bits per heavy atom. The first-order valence-electron chi connectivity index (χ1n) is 10.3. The van der Waals surface area contributed by atoms with Crippen LogP contribution in [0.25, 0.3) is 0 Å². The zero-order chi connectivity index (χ0) is 23.5. The molecular formula is C25H27ClN2O3S. The highest BCUT2D eigenvalue weighted by Crippen LogP contribution is 2.27. The van der Waals surface area contributed by atoms with Crippen LogP contribution in [0, 0.1) is 27.7 Å². The van der Waals surface area contributed by atoms with Crippen molar-refractivity contribution in [3.05, 3.63) is 93.5 Å². The summed E-state index contributed by atoms with van der Waals surface area (Å²) in [6, 6.07) is 18.0. The molecule has 0 atom stereocenters. The minimum atomic E-state index is -3.94. The number of amides is 1. The van der Waals surface area contributed by atoms with Gasteiger partial charge in [0.2, 0.25) is 15.9 Å². The molecule has 5 nitrogen and oxygen atoms in total. The van der Waals surface area contributed by atoms with Gasteiger partial charge < -0.3 is 5.32 Å². The molecule has 3 aromatic rings. The molecule has 0 aliphatic heterocycles. The van der Waals surface area contributed by atoms with Crippen molar-refractivity contribution in [2.24, 2.45) is 0 Å². The number of benzene rings is 3. The van der Waals surface area contributed by atoms with Crippen LogP contribution < -0.4 is 5.32 Å². The highest BCUT2D eigenvalue weighted by molar-refractivity contribution is 7.89. The van der Waals surface area contributed by atoms with E-state index in [0.29, 0.717) is 21.8 Å². The van der Waals surface area contributed by atoms with Crippen LogP contribution in [0.3, 0.4) is 0 Å². The molecule has 0 saturated heterocycles. The van der Waals surface area contributed by atoms with Gasteiger partial charge in [-0.1, -0.05) is 59.1 Å². The smallest absolute Gasteiger partial charge is 0.244 e. The Labute approximate surface area is 195 Å². The summed E-state index contributed by atoms with van der Waals surface area (Å²) in [4.78, 5) is 13.1. The molecule has 0 bridgehead atoms. The second-order valence-electron chi connectivity index (χ2n) is 8.04. The maximum atomic E-state index is 13.7. The quantitative estimate of drug-likeness (QED) is 0.502. The molecule has 0 saturated carbocycles. The Bertz CT molecular complexity index is 1200. The standard InChI is InChI=1S/C25H27ClN2O3S/c1-17-5-11-23(12-6-17)27-24(29)16-28(15-21-7-9-22(26)10-8-21)32(30,31)25-19(3)13-18(2)14-20(25)4/h5-14H,15-16H2,1-4H3,(H,27,29). The number of rotatable bonds is 7. The average Bonchev–Trinajstić information content (AvgIpc) is 2.70. The summed E-state index contributed by atoms with van der Waals surface area (Å²) in [5.41, 5.74) is 4.72. The van der Waals surface area contributed by atoms with Crippen molar-refractivity contribution in [2.45, 2.75) is 39.1 Å². The van der Waals surface area contributed by atoms with Crippen molar-refractivity contribution in [3.63, 3.8) is 0 Å². The van der Waals surface area contributed by atoms with Crippen LogP contribution in [-0.4, -0.2) is 25.2 Å². The second-order valence-corrected chi connectivity index (χ2v) is 10.4. The van der Waals surface area contributed by atoms with Gasteiger partial charge in [-0.05, 0) is 68.7 Å². The molecule has 0 aromatic heterocycles. The maximum Gasteiger partial charge on any atom is 0.244 e. The van der Waals surface area contributed by atoms with Gasteiger partial charge in [0.1, 0.15) is 0 Å². The first kappa shape index (κ1) is 24.0. The number of hydrogen-bond donors (Lipinski definition) is 1. The van der Waals surface area contributed by atoms with Gasteiger partial charge in [0.05, 0.1) is 11.4 Å². The molecule has 0 spiro atoms. The van der Waals surface area contributed by atoms with Gasteiger partial charge in [0.15, 0.2) is 0 Å². The minimum Gasteiger partial charge on any atom is -0.325 e. The van der Waals surface area contributed by atoms with E-state index in [2.05, 4.69) is 5.32 Å². The number of sulfonamides is 1. The topological polar surface area (TPSA) is 66.5 Å². The average molecular weight is 471 g/mol. The van der Waals surface area contributed by atoms with Gasteiger partial charge in [-0.2, -0.15) is 4.31 Å². The Morgan fingerprint density at radius 3 is 2.00 bits per heavy atom. The van der Waals surface area contributed by atoms with Crippen LogP contribution in [0.5, 0.6) is 0 Å². The largest absolute Gasteiger partial charge is 0.325 e. The molecule has 1 amide bonds. The van der Waals surface area contributed by atoms with E-state index in [1.165, 1.54) is 4.31 Å². The van der Waals surface area contributed by atoms with Crippen molar-refractivity contribution in [3.8, 4) is 0 Å². The Morgan fingerprint density at radius 1 is 0.875 bits per heavy atom. The highest BCUT2D eigenvalue weighted by Gasteiger charge is 2.30. The normalized spacial score (nSPS) is 11.6. The number of anilines is 1. The molecule has 0 unspecified atom stereocenters. The second kappa shape index (κ2) is 9.86. The summed E-state index contributed by atoms with van der Waals surface area (Å²) in [5, 5.41) is 3.35. The number of halogens is 1. The van der Waals surface area contributed by atoms with Crippen LogP contribution in [0.15, 0.2) is 65.6 Å². The van der Waals surface area contributed by atoms with E-state index in [-0.39, 0.29) is 18.0 Å². The van der Waals surface area contributed by atoms with E-state index in [0.717, 1.165) is 16.7 Å². The zero-order valence-corrected chi connectivity index (χ0v) is 20.2. The fraction of sp³-hybridized carbons (Fsp3) is 0.240. The molecule has 0 fully saturated rings. The van der Waals surface area contributed by atoms with Crippen LogP contribution in [0.1, 0.15) is 27.8 Å². The Hall–Kier alpha value is -2.67. The lowest BCUT2D eigenvalue weighted by molar-refractivity contribution is -0.116. The fourth-order valence-corrected chi connectivity index (χ4v) is 5.64. The van der Waals surface area contributed by atoms with Gasteiger partial charge in [-0.25, -0.2) is 8.42 Å². The van der Waals surface area contributed by atoms with Gasteiger partial charge in [-0.15, -0.1) is 0 Å². The summed E-state index contributed by atoms with van der Waals surface area (Å²) in [7, 11) is -3.94. The number of carbonyl (C=O) groups excluding carboxylic acids is 1. The molecule has 1 N–H and O–H groups in total. The fourth-order valence-electron chi connectivity index (χ4n) is 3.72. The van der Waals surface area contributed by atoms with Crippen LogP contribution >= 0.6 is 11.6 Å². The lowest BCUT2D eigenvalue weighted by Gasteiger charge is -2.24.